The van der Waals surface area contributed by atoms with Crippen LogP contribution < -0.4 is 14.2 Å². The zero-order valence-electron chi connectivity index (χ0n) is 23.0. The number of ether oxygens (including phenoxy) is 4. The Kier molecular flexibility index (Phi) is 9.84. The third-order valence-electron chi connectivity index (χ3n) is 6.73. The lowest BCUT2D eigenvalue weighted by Gasteiger charge is -2.20. The van der Waals surface area contributed by atoms with Crippen molar-refractivity contribution in [3.63, 3.8) is 0 Å². The first-order valence-electron chi connectivity index (χ1n) is 13.1. The summed E-state index contributed by atoms with van der Waals surface area (Å²) in [6.45, 7) is 4.51. The molecule has 2 heterocycles. The van der Waals surface area contributed by atoms with Crippen molar-refractivity contribution in [2.24, 2.45) is 0 Å². The molecule has 0 bridgehead atoms. The van der Waals surface area contributed by atoms with E-state index in [1.807, 2.05) is 36.5 Å². The lowest BCUT2D eigenvalue weighted by molar-refractivity contribution is -0.145. The highest BCUT2D eigenvalue weighted by Crippen LogP contribution is 2.33. The van der Waals surface area contributed by atoms with E-state index in [1.165, 1.54) is 10.9 Å². The largest absolute Gasteiger partial charge is 0.493 e. The van der Waals surface area contributed by atoms with E-state index >= 15 is 0 Å². The zero-order chi connectivity index (χ0) is 27.8. The number of rotatable bonds is 13. The molecule has 0 spiro atoms. The molecule has 208 valence electrons. The van der Waals surface area contributed by atoms with Crippen LogP contribution in [0.3, 0.4) is 0 Å². The zero-order valence-corrected chi connectivity index (χ0v) is 23.8. The standard InChI is InChI=1S/C30H36N2O6S/c1-5-37-30(34)19-38-24-7-8-25-22(20-39-28(25)18-24)9-13-31(2)11-6-12-32-14-10-21-15-26(35-3)27(36-4)16-23(21)17-29(32)33/h7-8,10,14-16,18,20H,5-6,9,11-13,17,19H2,1-4H3. The number of carbonyl (C=O) groups is 2. The second kappa shape index (κ2) is 13.5. The molecule has 1 aliphatic heterocycles. The number of nitrogens with zero attached hydrogens (tertiary/aromatic N) is 2. The molecule has 0 N–H and O–H groups in total. The molecule has 2 aromatic carbocycles. The number of carbonyl (C=O) groups excluding carboxylic acids is 2. The Labute approximate surface area is 233 Å². The van der Waals surface area contributed by atoms with Gasteiger partial charge in [-0.15, -0.1) is 11.3 Å². The number of hydrogen-bond acceptors (Lipinski definition) is 8. The van der Waals surface area contributed by atoms with Gasteiger partial charge < -0.3 is 28.7 Å². The Morgan fingerprint density at radius 2 is 1.90 bits per heavy atom. The van der Waals surface area contributed by atoms with E-state index in [-0.39, 0.29) is 18.5 Å². The van der Waals surface area contributed by atoms with Crippen molar-refractivity contribution in [2.75, 3.05) is 54.1 Å². The van der Waals surface area contributed by atoms with Crippen molar-refractivity contribution in [1.29, 1.82) is 0 Å². The summed E-state index contributed by atoms with van der Waals surface area (Å²) in [5.74, 6) is 1.67. The molecule has 1 aromatic heterocycles. The number of benzene rings is 2. The van der Waals surface area contributed by atoms with E-state index in [2.05, 4.69) is 23.4 Å². The predicted molar refractivity (Wildman–Crippen MR) is 154 cm³/mol. The van der Waals surface area contributed by atoms with Gasteiger partial charge >= 0.3 is 5.97 Å². The van der Waals surface area contributed by atoms with Gasteiger partial charge in [0.25, 0.3) is 0 Å². The van der Waals surface area contributed by atoms with E-state index < -0.39 is 0 Å². The monoisotopic (exact) mass is 552 g/mol. The van der Waals surface area contributed by atoms with Crippen molar-refractivity contribution in [3.05, 3.63) is 58.6 Å². The van der Waals surface area contributed by atoms with Crippen LogP contribution in [0.5, 0.6) is 17.2 Å². The molecule has 4 rings (SSSR count). The van der Waals surface area contributed by atoms with Crippen molar-refractivity contribution in [2.45, 2.75) is 26.2 Å². The van der Waals surface area contributed by atoms with E-state index in [9.17, 15) is 9.59 Å². The normalized spacial score (nSPS) is 12.9. The average molecular weight is 553 g/mol. The fraction of sp³-hybridized carbons (Fsp3) is 0.400. The molecule has 39 heavy (non-hydrogen) atoms. The molecule has 8 nitrogen and oxygen atoms in total. The number of methoxy groups -OCH3 is 2. The third-order valence-corrected chi connectivity index (χ3v) is 7.73. The van der Waals surface area contributed by atoms with Crippen LogP contribution in [-0.4, -0.2) is 75.8 Å². The lowest BCUT2D eigenvalue weighted by atomic mass is 10.0. The molecule has 0 saturated carbocycles. The van der Waals surface area contributed by atoms with Crippen molar-refractivity contribution < 1.29 is 28.5 Å². The minimum absolute atomic E-state index is 0.0789. The van der Waals surface area contributed by atoms with Crippen LogP contribution in [0.4, 0.5) is 0 Å². The summed E-state index contributed by atoms with van der Waals surface area (Å²) in [4.78, 5) is 28.5. The Morgan fingerprint density at radius 1 is 1.10 bits per heavy atom. The van der Waals surface area contributed by atoms with Crippen LogP contribution in [0.1, 0.15) is 30.0 Å². The molecule has 0 fully saturated rings. The van der Waals surface area contributed by atoms with Crippen LogP contribution in [-0.2, 0) is 27.2 Å². The number of hydrogen-bond donors (Lipinski definition) is 0. The molecule has 0 unspecified atom stereocenters. The fourth-order valence-corrected chi connectivity index (χ4v) is 5.61. The third kappa shape index (κ3) is 7.30. The van der Waals surface area contributed by atoms with Crippen LogP contribution in [0.15, 0.2) is 41.9 Å². The van der Waals surface area contributed by atoms with Crippen molar-refractivity contribution in [3.8, 4) is 17.2 Å². The van der Waals surface area contributed by atoms with Gasteiger partial charge in [-0.25, -0.2) is 4.79 Å². The van der Waals surface area contributed by atoms with Gasteiger partial charge in [-0.05, 0) is 97.2 Å². The van der Waals surface area contributed by atoms with Gasteiger partial charge in [0.1, 0.15) is 5.75 Å². The maximum absolute atomic E-state index is 12.9. The van der Waals surface area contributed by atoms with E-state index in [0.717, 1.165) is 41.8 Å². The maximum atomic E-state index is 12.9. The van der Waals surface area contributed by atoms with Crippen LogP contribution in [0.25, 0.3) is 16.2 Å². The van der Waals surface area contributed by atoms with Gasteiger partial charge in [-0.3, -0.25) is 4.79 Å². The second-order valence-corrected chi connectivity index (χ2v) is 10.3. The van der Waals surface area contributed by atoms with Gasteiger partial charge in [0.15, 0.2) is 18.1 Å². The summed E-state index contributed by atoms with van der Waals surface area (Å²) in [6.07, 6.45) is 5.99. The van der Waals surface area contributed by atoms with E-state index in [0.29, 0.717) is 36.8 Å². The van der Waals surface area contributed by atoms with E-state index in [4.69, 9.17) is 18.9 Å². The van der Waals surface area contributed by atoms with Gasteiger partial charge in [0.05, 0.1) is 27.2 Å². The molecule has 0 atom stereocenters. The van der Waals surface area contributed by atoms with Crippen LogP contribution in [0.2, 0.25) is 0 Å². The minimum Gasteiger partial charge on any atom is -0.493 e. The molecule has 0 saturated heterocycles. The number of likely N-dealkylation sites (N-methyl/N-ethyl adjacent to an activating group) is 1. The van der Waals surface area contributed by atoms with E-state index in [1.54, 1.807) is 37.4 Å². The summed E-state index contributed by atoms with van der Waals surface area (Å²) in [5.41, 5.74) is 3.21. The summed E-state index contributed by atoms with van der Waals surface area (Å²) >= 11 is 1.68. The Hall–Kier alpha value is -3.56. The first kappa shape index (κ1) is 28.4. The first-order valence-corrected chi connectivity index (χ1v) is 14.0. The quantitative estimate of drug-likeness (QED) is 0.283. The average Bonchev–Trinajstić information content (AvgIpc) is 3.27. The second-order valence-electron chi connectivity index (χ2n) is 9.41. The number of esters is 1. The van der Waals surface area contributed by atoms with Crippen LogP contribution >= 0.6 is 11.3 Å². The minimum atomic E-state index is -0.366. The van der Waals surface area contributed by atoms with Gasteiger partial charge in [0, 0.05) is 24.0 Å². The number of fused-ring (bicyclic) bond motifs is 2. The number of amides is 1. The molecule has 9 heteroatoms. The SMILES string of the molecule is CCOC(=O)COc1ccc2c(CCN(C)CCCN3C=Cc4cc(OC)c(OC)cc4CC3=O)csc2c1. The van der Waals surface area contributed by atoms with Gasteiger partial charge in [0.2, 0.25) is 5.91 Å². The summed E-state index contributed by atoms with van der Waals surface area (Å²) < 4.78 is 22.4. The highest BCUT2D eigenvalue weighted by molar-refractivity contribution is 7.17. The predicted octanol–water partition coefficient (Wildman–Crippen LogP) is 4.78. The summed E-state index contributed by atoms with van der Waals surface area (Å²) in [6, 6.07) is 9.74. The van der Waals surface area contributed by atoms with Gasteiger partial charge in [-0.2, -0.15) is 0 Å². The molecule has 1 aliphatic rings. The summed E-state index contributed by atoms with van der Waals surface area (Å²) in [5, 5.41) is 3.40. The molecular weight excluding hydrogens is 516 g/mol. The first-order chi connectivity index (χ1) is 18.9. The smallest absolute Gasteiger partial charge is 0.344 e. The lowest BCUT2D eigenvalue weighted by Crippen LogP contribution is -2.30. The maximum Gasteiger partial charge on any atom is 0.344 e. The van der Waals surface area contributed by atoms with Gasteiger partial charge in [-0.1, -0.05) is 0 Å². The Morgan fingerprint density at radius 3 is 2.67 bits per heavy atom. The van der Waals surface area contributed by atoms with Crippen molar-refractivity contribution >= 4 is 39.4 Å². The summed E-state index contributed by atoms with van der Waals surface area (Å²) in [7, 11) is 5.33. The Balaban J connectivity index is 1.25. The molecule has 0 aliphatic carbocycles. The highest BCUT2D eigenvalue weighted by Gasteiger charge is 2.19. The topological polar surface area (TPSA) is 77.5 Å². The van der Waals surface area contributed by atoms with Crippen molar-refractivity contribution in [1.82, 2.24) is 9.80 Å². The Bertz CT molecular complexity index is 1330. The number of thiophene rings is 1. The molecule has 3 aromatic rings. The van der Waals surface area contributed by atoms with Crippen LogP contribution in [0, 0.1) is 0 Å². The highest BCUT2D eigenvalue weighted by atomic mass is 32.1. The fourth-order valence-electron chi connectivity index (χ4n) is 4.59. The molecule has 1 amide bonds. The molecule has 0 radical (unpaired) electrons. The molecular formula is C30H36N2O6S.